The van der Waals surface area contributed by atoms with Gasteiger partial charge in [-0.3, -0.25) is 0 Å². The molecule has 0 saturated heterocycles. The maximum Gasteiger partial charge on any atom is 0.0709 e. The number of hydrogen-bond acceptors (Lipinski definition) is 1. The largest absolute Gasteiger partial charge is 0.308 e. The van der Waals surface area contributed by atoms with Crippen molar-refractivity contribution in [1.29, 1.82) is 0 Å². The molecule has 2 nitrogen and oxygen atoms in total. The van der Waals surface area contributed by atoms with Crippen LogP contribution in [0.3, 0.4) is 0 Å². The number of aromatic nitrogens is 1. The summed E-state index contributed by atoms with van der Waals surface area (Å²) in [7, 11) is 0. The molecule has 0 radical (unpaired) electrons. The van der Waals surface area contributed by atoms with Crippen LogP contribution < -0.4 is 4.90 Å². The van der Waals surface area contributed by atoms with Crippen molar-refractivity contribution >= 4 is 38.9 Å². The van der Waals surface area contributed by atoms with Gasteiger partial charge in [0.1, 0.15) is 0 Å². The molecule has 0 aliphatic rings. The number of hydrogen-bond donors (Lipinski definition) is 0. The molecule has 1 heterocycles. The van der Waals surface area contributed by atoms with E-state index in [0.717, 1.165) is 22.7 Å². The smallest absolute Gasteiger partial charge is 0.0709 e. The molecule has 0 unspecified atom stereocenters. The molecule has 8 aromatic carbocycles. The fourth-order valence-electron chi connectivity index (χ4n) is 8.21. The monoisotopic (exact) mass is 750 g/mol. The van der Waals surface area contributed by atoms with Gasteiger partial charge in [-0.1, -0.05) is 187 Å². The summed E-state index contributed by atoms with van der Waals surface area (Å²) < 4.78 is 2.54. The first-order valence-electron chi connectivity index (χ1n) is 20.4. The number of nitrogens with zero attached hydrogens (tertiary/aromatic N) is 2. The number of anilines is 3. The lowest BCUT2D eigenvalue weighted by Crippen LogP contribution is -2.14. The molecule has 284 valence electrons. The lowest BCUT2D eigenvalue weighted by molar-refractivity contribution is 0.591. The summed E-state index contributed by atoms with van der Waals surface area (Å²) in [6, 6.07) is 71.3. The van der Waals surface area contributed by atoms with Crippen LogP contribution in [0.5, 0.6) is 0 Å². The van der Waals surface area contributed by atoms with Crippen LogP contribution in [-0.2, 0) is 10.8 Å². The van der Waals surface area contributed by atoms with Crippen LogP contribution in [0.1, 0.15) is 52.7 Å². The quantitative estimate of drug-likeness (QED) is 0.157. The summed E-state index contributed by atoms with van der Waals surface area (Å²) in [5, 5.41) is 2.51. The Labute approximate surface area is 343 Å². The Hall–Kier alpha value is -6.64. The van der Waals surface area contributed by atoms with Crippen molar-refractivity contribution in [3.8, 4) is 39.1 Å². The minimum absolute atomic E-state index is 0.0200. The lowest BCUT2D eigenvalue weighted by atomic mass is 9.86. The van der Waals surface area contributed by atoms with E-state index in [1.165, 1.54) is 66.3 Å². The van der Waals surface area contributed by atoms with E-state index >= 15 is 0 Å². The summed E-state index contributed by atoms with van der Waals surface area (Å²) in [4.78, 5) is 2.44. The van der Waals surface area contributed by atoms with Gasteiger partial charge in [0, 0.05) is 22.1 Å². The highest BCUT2D eigenvalue weighted by Gasteiger charge is 2.25. The zero-order valence-electron chi connectivity index (χ0n) is 34.4. The molecule has 0 aliphatic heterocycles. The molecule has 0 atom stereocenters. The molecule has 0 N–H and O–H groups in total. The minimum atomic E-state index is -0.0200. The fourth-order valence-corrected chi connectivity index (χ4v) is 8.21. The molecular weight excluding hydrogens is 701 g/mol. The van der Waals surface area contributed by atoms with Crippen molar-refractivity contribution in [2.45, 2.75) is 52.4 Å². The standard InChI is InChI=1S/C56H50N2/c1-55(2,3)45-27-33-49-50-34-28-46(56(4,5)6)38-53(50)58(52(49)37-45)54-36-44(41-20-14-9-15-21-41)26-35-51(54)57(47-29-22-42(23-30-47)39-16-10-7-11-17-39)48-31-24-43(25-32-48)40-18-12-8-13-19-40/h7-38H,1-6H3. The summed E-state index contributed by atoms with van der Waals surface area (Å²) in [6.07, 6.45) is 0. The summed E-state index contributed by atoms with van der Waals surface area (Å²) in [6.45, 7) is 13.8. The maximum atomic E-state index is 2.54. The highest BCUT2D eigenvalue weighted by molar-refractivity contribution is 6.10. The number of benzene rings is 8. The first-order valence-corrected chi connectivity index (χ1v) is 20.4. The van der Waals surface area contributed by atoms with Crippen LogP contribution in [0.4, 0.5) is 17.1 Å². The van der Waals surface area contributed by atoms with Gasteiger partial charge in [-0.05, 0) is 104 Å². The zero-order valence-corrected chi connectivity index (χ0v) is 34.4. The SMILES string of the molecule is CC(C)(C)c1ccc2c3ccc(C(C)(C)C)cc3n(-c3cc(-c4ccccc4)ccc3N(c3ccc(-c4ccccc4)cc3)c3ccc(-c4ccccc4)cc3)c2c1. The third-order valence-electron chi connectivity index (χ3n) is 11.5. The lowest BCUT2D eigenvalue weighted by Gasteiger charge is -2.29. The molecule has 58 heavy (non-hydrogen) atoms. The predicted molar refractivity (Wildman–Crippen MR) is 249 cm³/mol. The highest BCUT2D eigenvalue weighted by atomic mass is 15.2. The van der Waals surface area contributed by atoms with Gasteiger partial charge in [0.05, 0.1) is 22.4 Å². The van der Waals surface area contributed by atoms with Gasteiger partial charge >= 0.3 is 0 Å². The number of rotatable bonds is 7. The van der Waals surface area contributed by atoms with Crippen LogP contribution >= 0.6 is 0 Å². The van der Waals surface area contributed by atoms with Crippen LogP contribution in [-0.4, -0.2) is 4.57 Å². The van der Waals surface area contributed by atoms with E-state index in [4.69, 9.17) is 0 Å². The van der Waals surface area contributed by atoms with Gasteiger partial charge in [0.25, 0.3) is 0 Å². The van der Waals surface area contributed by atoms with Gasteiger partial charge in [-0.2, -0.15) is 0 Å². The Morgan fingerprint density at radius 2 is 0.707 bits per heavy atom. The molecule has 0 bridgehead atoms. The molecule has 0 fully saturated rings. The zero-order chi connectivity index (χ0) is 40.0. The van der Waals surface area contributed by atoms with Crippen molar-refractivity contribution in [3.63, 3.8) is 0 Å². The van der Waals surface area contributed by atoms with E-state index in [1.54, 1.807) is 0 Å². The van der Waals surface area contributed by atoms with Crippen LogP contribution in [0.25, 0.3) is 60.9 Å². The van der Waals surface area contributed by atoms with Gasteiger partial charge in [0.2, 0.25) is 0 Å². The van der Waals surface area contributed by atoms with E-state index in [9.17, 15) is 0 Å². The predicted octanol–water partition coefficient (Wildman–Crippen LogP) is 15.8. The van der Waals surface area contributed by atoms with Crippen molar-refractivity contribution in [3.05, 3.63) is 205 Å². The Morgan fingerprint density at radius 1 is 0.345 bits per heavy atom. The molecule has 9 rings (SSSR count). The molecule has 0 saturated carbocycles. The summed E-state index contributed by atoms with van der Waals surface area (Å²) >= 11 is 0. The van der Waals surface area contributed by atoms with Gasteiger partial charge in [0.15, 0.2) is 0 Å². The molecule has 0 amide bonds. The van der Waals surface area contributed by atoms with E-state index in [-0.39, 0.29) is 10.8 Å². The second-order valence-electron chi connectivity index (χ2n) is 17.5. The van der Waals surface area contributed by atoms with Crippen molar-refractivity contribution in [2.75, 3.05) is 4.90 Å². The Bertz CT molecular complexity index is 2700. The molecule has 1 aromatic heterocycles. The average Bonchev–Trinajstić information content (AvgIpc) is 3.58. The average molecular weight is 751 g/mol. The molecule has 0 aliphatic carbocycles. The molecule has 0 spiro atoms. The maximum absolute atomic E-state index is 2.54. The van der Waals surface area contributed by atoms with Crippen LogP contribution in [0.15, 0.2) is 194 Å². The third-order valence-corrected chi connectivity index (χ3v) is 11.5. The van der Waals surface area contributed by atoms with E-state index < -0.39 is 0 Å². The number of fused-ring (bicyclic) bond motifs is 3. The second kappa shape index (κ2) is 14.7. The van der Waals surface area contributed by atoms with Crippen molar-refractivity contribution in [1.82, 2.24) is 4.57 Å². The minimum Gasteiger partial charge on any atom is -0.308 e. The van der Waals surface area contributed by atoms with E-state index in [0.29, 0.717) is 0 Å². The Balaban J connectivity index is 1.35. The molecular formula is C56H50N2. The second-order valence-corrected chi connectivity index (χ2v) is 17.5. The van der Waals surface area contributed by atoms with Crippen LogP contribution in [0.2, 0.25) is 0 Å². The third kappa shape index (κ3) is 7.01. The summed E-state index contributed by atoms with van der Waals surface area (Å²) in [5.41, 5.74) is 16.5. The first kappa shape index (κ1) is 37.0. The fraction of sp³-hybridized carbons (Fsp3) is 0.143. The molecule has 2 heteroatoms. The molecule has 9 aromatic rings. The van der Waals surface area contributed by atoms with E-state index in [2.05, 4.69) is 245 Å². The van der Waals surface area contributed by atoms with Crippen molar-refractivity contribution < 1.29 is 0 Å². The topological polar surface area (TPSA) is 8.17 Å². The van der Waals surface area contributed by atoms with Gasteiger partial charge in [-0.15, -0.1) is 0 Å². The van der Waals surface area contributed by atoms with E-state index in [1.807, 2.05) is 0 Å². The van der Waals surface area contributed by atoms with Gasteiger partial charge < -0.3 is 9.47 Å². The van der Waals surface area contributed by atoms with Crippen molar-refractivity contribution in [2.24, 2.45) is 0 Å². The highest BCUT2D eigenvalue weighted by Crippen LogP contribution is 2.45. The Kier molecular flexibility index (Phi) is 9.37. The normalized spacial score (nSPS) is 12.0. The Morgan fingerprint density at radius 3 is 1.10 bits per heavy atom. The van der Waals surface area contributed by atoms with Crippen LogP contribution in [0, 0.1) is 0 Å². The van der Waals surface area contributed by atoms with Gasteiger partial charge in [-0.25, -0.2) is 0 Å². The first-order chi connectivity index (χ1) is 28.0. The summed E-state index contributed by atoms with van der Waals surface area (Å²) in [5.74, 6) is 0.